The number of halogens is 6. The Labute approximate surface area is 181 Å². The van der Waals surface area contributed by atoms with Crippen LogP contribution in [0.1, 0.15) is 51.4 Å². The number of nitrogens with one attached hydrogen (secondary N) is 1. The highest BCUT2D eigenvalue weighted by molar-refractivity contribution is 5.94. The van der Waals surface area contributed by atoms with Crippen LogP contribution in [0, 0.1) is 19.8 Å². The normalized spacial score (nSPS) is 16.4. The molecular formula is C22H24F6N2O2. The number of carbonyl (C=O) groups is 1. The van der Waals surface area contributed by atoms with Crippen LogP contribution in [0.15, 0.2) is 28.7 Å². The molecule has 2 heterocycles. The highest BCUT2D eigenvalue weighted by atomic mass is 19.4. The van der Waals surface area contributed by atoms with E-state index in [1.54, 1.807) is 0 Å². The number of hydrogen-bond acceptors (Lipinski definition) is 3. The molecule has 1 aliphatic rings. The van der Waals surface area contributed by atoms with Crippen molar-refractivity contribution in [2.75, 3.05) is 19.6 Å². The molecule has 1 aromatic carbocycles. The molecule has 32 heavy (non-hydrogen) atoms. The Morgan fingerprint density at radius 2 is 1.56 bits per heavy atom. The lowest BCUT2D eigenvalue weighted by molar-refractivity contribution is -0.143. The monoisotopic (exact) mass is 462 g/mol. The molecule has 1 N–H and O–H groups in total. The molecule has 0 radical (unpaired) electrons. The Morgan fingerprint density at radius 1 is 1.00 bits per heavy atom. The molecule has 1 saturated heterocycles. The quantitative estimate of drug-likeness (QED) is 0.591. The maximum Gasteiger partial charge on any atom is 0.416 e. The number of aryl methyl sites for hydroxylation is 2. The van der Waals surface area contributed by atoms with E-state index in [1.165, 1.54) is 0 Å². The van der Waals surface area contributed by atoms with Gasteiger partial charge in [0.2, 0.25) is 0 Å². The summed E-state index contributed by atoms with van der Waals surface area (Å²) < 4.78 is 83.4. The highest BCUT2D eigenvalue weighted by Crippen LogP contribution is 2.36. The third-order valence-corrected chi connectivity index (χ3v) is 5.65. The lowest BCUT2D eigenvalue weighted by Crippen LogP contribution is -2.38. The third-order valence-electron chi connectivity index (χ3n) is 5.65. The molecule has 2 aromatic rings. The van der Waals surface area contributed by atoms with E-state index in [-0.39, 0.29) is 18.5 Å². The molecule has 0 atom stereocenters. The van der Waals surface area contributed by atoms with Crippen LogP contribution in [0.25, 0.3) is 0 Å². The van der Waals surface area contributed by atoms with Gasteiger partial charge in [-0.3, -0.25) is 9.69 Å². The molecular weight excluding hydrogens is 438 g/mol. The van der Waals surface area contributed by atoms with Crippen molar-refractivity contribution in [2.24, 2.45) is 5.92 Å². The zero-order valence-electron chi connectivity index (χ0n) is 17.7. The van der Waals surface area contributed by atoms with Gasteiger partial charge >= 0.3 is 12.4 Å². The molecule has 0 unspecified atom stereocenters. The van der Waals surface area contributed by atoms with Crippen LogP contribution < -0.4 is 5.32 Å². The highest BCUT2D eigenvalue weighted by Gasteiger charge is 2.37. The van der Waals surface area contributed by atoms with Gasteiger partial charge in [-0.25, -0.2) is 0 Å². The second-order valence-electron chi connectivity index (χ2n) is 8.16. The number of benzene rings is 1. The molecule has 1 fully saturated rings. The summed E-state index contributed by atoms with van der Waals surface area (Å²) in [6.07, 6.45) is -8.47. The van der Waals surface area contributed by atoms with Crippen molar-refractivity contribution >= 4 is 5.91 Å². The van der Waals surface area contributed by atoms with Crippen molar-refractivity contribution in [1.82, 2.24) is 10.2 Å². The van der Waals surface area contributed by atoms with Gasteiger partial charge < -0.3 is 9.73 Å². The first kappa shape index (κ1) is 24.2. The fraction of sp³-hybridized carbons (Fsp3) is 0.500. The Hall–Kier alpha value is -2.49. The number of amides is 1. The summed E-state index contributed by atoms with van der Waals surface area (Å²) >= 11 is 0. The second kappa shape index (κ2) is 9.17. The molecule has 10 heteroatoms. The van der Waals surface area contributed by atoms with Gasteiger partial charge in [-0.15, -0.1) is 0 Å². The van der Waals surface area contributed by atoms with Gasteiger partial charge in [0.1, 0.15) is 11.5 Å². The molecule has 0 bridgehead atoms. The summed E-state index contributed by atoms with van der Waals surface area (Å²) in [4.78, 5) is 14.6. The number of alkyl halides is 6. The fourth-order valence-corrected chi connectivity index (χ4v) is 3.86. The summed E-state index contributed by atoms with van der Waals surface area (Å²) in [7, 11) is 0. The lowest BCUT2D eigenvalue weighted by Gasteiger charge is -2.31. The second-order valence-corrected chi connectivity index (χ2v) is 8.16. The van der Waals surface area contributed by atoms with E-state index in [2.05, 4.69) is 10.2 Å². The topological polar surface area (TPSA) is 45.5 Å². The first-order valence-electron chi connectivity index (χ1n) is 10.2. The lowest BCUT2D eigenvalue weighted by atomic mass is 9.96. The van der Waals surface area contributed by atoms with E-state index in [1.807, 2.05) is 19.9 Å². The molecule has 4 nitrogen and oxygen atoms in total. The molecule has 0 saturated carbocycles. The number of piperidine rings is 1. The Morgan fingerprint density at radius 3 is 2.03 bits per heavy atom. The zero-order valence-corrected chi connectivity index (χ0v) is 17.7. The first-order valence-corrected chi connectivity index (χ1v) is 10.2. The van der Waals surface area contributed by atoms with Crippen LogP contribution in [0.5, 0.6) is 0 Å². The molecule has 0 aliphatic carbocycles. The molecule has 0 spiro atoms. The van der Waals surface area contributed by atoms with Gasteiger partial charge in [-0.05, 0) is 70.0 Å². The van der Waals surface area contributed by atoms with Crippen molar-refractivity contribution < 1.29 is 35.6 Å². The Bertz CT molecular complexity index is 924. The van der Waals surface area contributed by atoms with Crippen molar-refractivity contribution in [3.63, 3.8) is 0 Å². The maximum absolute atomic E-state index is 13.0. The van der Waals surface area contributed by atoms with Crippen LogP contribution >= 0.6 is 0 Å². The third kappa shape index (κ3) is 6.05. The number of rotatable bonds is 5. The van der Waals surface area contributed by atoms with Gasteiger partial charge in [0.05, 0.1) is 11.1 Å². The Kier molecular flexibility index (Phi) is 6.92. The number of nitrogens with zero attached hydrogens (tertiary/aromatic N) is 1. The zero-order chi connectivity index (χ0) is 23.7. The smallest absolute Gasteiger partial charge is 0.416 e. The predicted molar refractivity (Wildman–Crippen MR) is 105 cm³/mol. The van der Waals surface area contributed by atoms with Crippen LogP contribution in [-0.4, -0.2) is 30.4 Å². The average molecular weight is 462 g/mol. The standard InChI is InChI=1S/C22H24F6N2O2/c1-13-7-17(14(2)32-13)12-30-5-3-15(4-6-30)11-29-20(31)16-8-18(21(23,24)25)10-19(9-16)22(26,27)28/h7-10,15H,3-6,11-12H2,1-2H3,(H,29,31). The molecule has 1 aliphatic heterocycles. The summed E-state index contributed by atoms with van der Waals surface area (Å²) in [5, 5.41) is 2.50. The summed E-state index contributed by atoms with van der Waals surface area (Å²) in [5.74, 6) is 0.860. The van der Waals surface area contributed by atoms with Crippen LogP contribution in [-0.2, 0) is 18.9 Å². The maximum atomic E-state index is 13.0. The van der Waals surface area contributed by atoms with E-state index in [0.717, 1.165) is 49.6 Å². The number of likely N-dealkylation sites (tertiary alicyclic amines) is 1. The minimum absolute atomic E-state index is 0.00965. The van der Waals surface area contributed by atoms with E-state index in [4.69, 9.17) is 4.42 Å². The van der Waals surface area contributed by atoms with Gasteiger partial charge in [-0.2, -0.15) is 26.3 Å². The summed E-state index contributed by atoms with van der Waals surface area (Å²) in [6.45, 7) is 6.26. The van der Waals surface area contributed by atoms with Crippen LogP contribution in [0.3, 0.4) is 0 Å². The first-order chi connectivity index (χ1) is 14.8. The Balaban J connectivity index is 1.57. The van der Waals surface area contributed by atoms with Crippen molar-refractivity contribution in [1.29, 1.82) is 0 Å². The minimum atomic E-state index is -4.99. The average Bonchev–Trinajstić information content (AvgIpc) is 3.02. The number of hydrogen-bond donors (Lipinski definition) is 1. The minimum Gasteiger partial charge on any atom is -0.466 e. The van der Waals surface area contributed by atoms with E-state index < -0.39 is 35.0 Å². The van der Waals surface area contributed by atoms with E-state index in [9.17, 15) is 31.1 Å². The molecule has 1 amide bonds. The van der Waals surface area contributed by atoms with Crippen molar-refractivity contribution in [2.45, 2.75) is 45.6 Å². The van der Waals surface area contributed by atoms with E-state index in [0.29, 0.717) is 12.1 Å². The molecule has 3 rings (SSSR count). The van der Waals surface area contributed by atoms with Crippen LogP contribution in [0.2, 0.25) is 0 Å². The number of furan rings is 1. The van der Waals surface area contributed by atoms with Gasteiger partial charge in [0, 0.05) is 24.2 Å². The fourth-order valence-electron chi connectivity index (χ4n) is 3.86. The van der Waals surface area contributed by atoms with Gasteiger partial charge in [0.25, 0.3) is 5.91 Å². The van der Waals surface area contributed by atoms with E-state index >= 15 is 0 Å². The number of carbonyl (C=O) groups excluding carboxylic acids is 1. The molecule has 176 valence electrons. The summed E-state index contributed by atoms with van der Waals surface area (Å²) in [6, 6.07) is 2.90. The van der Waals surface area contributed by atoms with Gasteiger partial charge in [-0.1, -0.05) is 0 Å². The summed E-state index contributed by atoms with van der Waals surface area (Å²) in [5.41, 5.74) is -2.55. The van der Waals surface area contributed by atoms with Gasteiger partial charge in [0.15, 0.2) is 0 Å². The SMILES string of the molecule is Cc1cc(CN2CCC(CNC(=O)c3cc(C(F)(F)F)cc(C(F)(F)F)c3)CC2)c(C)o1. The van der Waals surface area contributed by atoms with Crippen LogP contribution in [0.4, 0.5) is 26.3 Å². The molecule has 1 aromatic heterocycles. The van der Waals surface area contributed by atoms with Crippen molar-refractivity contribution in [3.05, 3.63) is 58.0 Å². The predicted octanol–water partition coefficient (Wildman–Crippen LogP) is 5.58. The largest absolute Gasteiger partial charge is 0.466 e. The van der Waals surface area contributed by atoms with Crippen molar-refractivity contribution in [3.8, 4) is 0 Å².